The topological polar surface area (TPSA) is 190 Å². The van der Waals surface area contributed by atoms with E-state index in [1.165, 1.54) is 12.8 Å². The second-order valence-electron chi connectivity index (χ2n) is 22.6. The van der Waals surface area contributed by atoms with Gasteiger partial charge in [0.1, 0.15) is 24.8 Å². The van der Waals surface area contributed by atoms with E-state index in [2.05, 4.69) is 73.7 Å². The predicted molar refractivity (Wildman–Crippen MR) is 311 cm³/mol. The van der Waals surface area contributed by atoms with Crippen molar-refractivity contribution in [2.45, 2.75) is 69.5 Å². The number of nitrogens with zero attached hydrogens (tertiary/aromatic N) is 9. The number of anilines is 6. The van der Waals surface area contributed by atoms with Crippen molar-refractivity contribution in [2.24, 2.45) is 12.5 Å². The van der Waals surface area contributed by atoms with Gasteiger partial charge in [-0.15, -0.1) is 0 Å². The van der Waals surface area contributed by atoms with Gasteiger partial charge in [-0.1, -0.05) is 36.4 Å². The summed E-state index contributed by atoms with van der Waals surface area (Å²) in [6.45, 7) is 11.6. The van der Waals surface area contributed by atoms with Gasteiger partial charge in [-0.25, -0.2) is 4.98 Å². The molecule has 4 aromatic carbocycles. The number of imide groups is 2. The smallest absolute Gasteiger partial charge is 0.262 e. The zero-order valence-electron chi connectivity index (χ0n) is 45.1. The number of methoxy groups -OCH3 is 1. The standard InChI is InChI=1S/C59H66BrN12O6P/c1-67-34-39(32-62-67)44-30-48(64-58-61-33-46(60)54(66-58)63-47-13-10-38(28-52(47)79(3,4)77)37-8-6-5-7-9-37)51(78-2)31-50(44)70-24-18-40(19-25-70)68-22-16-41(17-23-68)71-35-59(36-71)20-26-69(27-21-59)42-11-12-43-45(29-42)57(76)72(56(43)75)49-14-15-53(73)65-55(49)74/h5-13,28-34,40-41,49H,14-27,35-36H2,1-4H3,(H,65,73,74)(H2,61,63,64,66). The third-order valence-corrected chi connectivity index (χ3v) is 19.4. The highest BCUT2D eigenvalue weighted by atomic mass is 79.9. The molecule has 5 saturated heterocycles. The van der Waals surface area contributed by atoms with E-state index in [1.54, 1.807) is 32.7 Å². The number of hydrogen-bond acceptors (Lipinski definition) is 15. The van der Waals surface area contributed by atoms with E-state index < -0.39 is 30.9 Å². The molecular formula is C59H66BrN12O6P. The Balaban J connectivity index is 0.654. The van der Waals surface area contributed by atoms with Gasteiger partial charge in [0.05, 0.1) is 40.3 Å². The van der Waals surface area contributed by atoms with E-state index in [1.807, 2.05) is 84.8 Å². The molecule has 1 unspecified atom stereocenters. The lowest BCUT2D eigenvalue weighted by Crippen LogP contribution is -2.64. The van der Waals surface area contributed by atoms with Crippen molar-refractivity contribution >= 4 is 86.5 Å². The summed E-state index contributed by atoms with van der Waals surface area (Å²) in [5, 5.41) is 14.5. The van der Waals surface area contributed by atoms with E-state index in [4.69, 9.17) is 9.72 Å². The summed E-state index contributed by atoms with van der Waals surface area (Å²) in [7, 11) is 0.909. The lowest BCUT2D eigenvalue weighted by molar-refractivity contribution is -0.136. The first kappa shape index (κ1) is 52.8. The van der Waals surface area contributed by atoms with Crippen molar-refractivity contribution in [3.63, 3.8) is 0 Å². The lowest BCUT2D eigenvalue weighted by atomic mass is 9.70. The molecule has 8 heterocycles. The number of benzene rings is 4. The normalized spacial score (nSPS) is 20.4. The van der Waals surface area contributed by atoms with E-state index in [-0.39, 0.29) is 18.7 Å². The number of likely N-dealkylation sites (tertiary alicyclic amines) is 2. The Morgan fingerprint density at radius 1 is 0.722 bits per heavy atom. The number of aromatic nitrogens is 4. The van der Waals surface area contributed by atoms with Crippen LogP contribution >= 0.6 is 23.1 Å². The molecule has 79 heavy (non-hydrogen) atoms. The molecule has 410 valence electrons. The maximum Gasteiger partial charge on any atom is 0.262 e. The summed E-state index contributed by atoms with van der Waals surface area (Å²) in [6, 6.07) is 25.9. The number of amides is 4. The third-order valence-electron chi connectivity index (χ3n) is 17.3. The summed E-state index contributed by atoms with van der Waals surface area (Å²) in [6.07, 6.45) is 12.5. The van der Waals surface area contributed by atoms with Crippen LogP contribution in [-0.4, -0.2) is 149 Å². The molecular weight excluding hydrogens is 1080 g/mol. The fourth-order valence-corrected chi connectivity index (χ4v) is 14.4. The molecule has 0 saturated carbocycles. The predicted octanol–water partition coefficient (Wildman–Crippen LogP) is 8.49. The van der Waals surface area contributed by atoms with Gasteiger partial charge in [-0.3, -0.25) is 39.0 Å². The van der Waals surface area contributed by atoms with Gasteiger partial charge in [0, 0.05) is 111 Å². The van der Waals surface area contributed by atoms with Gasteiger partial charge in [-0.05, 0) is 140 Å². The number of nitrogens with one attached hydrogen (secondary N) is 3. The van der Waals surface area contributed by atoms with Crippen LogP contribution in [0.25, 0.3) is 22.3 Å². The molecule has 5 fully saturated rings. The highest BCUT2D eigenvalue weighted by molar-refractivity contribution is 9.10. The molecule has 20 heteroatoms. The lowest BCUT2D eigenvalue weighted by Gasteiger charge is -2.58. The molecule has 6 aromatic rings. The highest BCUT2D eigenvalue weighted by Crippen LogP contribution is 2.46. The molecule has 6 aliphatic heterocycles. The van der Waals surface area contributed by atoms with Crippen LogP contribution in [0.1, 0.15) is 72.1 Å². The first-order valence-corrected chi connectivity index (χ1v) is 30.9. The van der Waals surface area contributed by atoms with Crippen LogP contribution in [0.5, 0.6) is 5.75 Å². The van der Waals surface area contributed by atoms with Gasteiger partial charge < -0.3 is 34.6 Å². The fourth-order valence-electron chi connectivity index (χ4n) is 12.9. The van der Waals surface area contributed by atoms with Gasteiger partial charge in [-0.2, -0.15) is 10.1 Å². The maximum absolute atomic E-state index is 13.7. The molecule has 0 radical (unpaired) electrons. The number of aryl methyl sites for hydroxylation is 1. The maximum atomic E-state index is 13.7. The fraction of sp³-hybridized carbons (Fsp3) is 0.407. The van der Waals surface area contributed by atoms with E-state index in [0.29, 0.717) is 62.0 Å². The second kappa shape index (κ2) is 21.3. The van der Waals surface area contributed by atoms with Gasteiger partial charge in [0.25, 0.3) is 11.8 Å². The van der Waals surface area contributed by atoms with Crippen molar-refractivity contribution in [3.05, 3.63) is 113 Å². The van der Waals surface area contributed by atoms with Crippen LogP contribution in [0, 0.1) is 5.41 Å². The van der Waals surface area contributed by atoms with Crippen molar-refractivity contribution < 1.29 is 28.5 Å². The monoisotopic (exact) mass is 1150 g/mol. The number of rotatable bonds is 13. The number of ether oxygens (including phenoxy) is 1. The first-order chi connectivity index (χ1) is 38.1. The number of halogens is 1. The Morgan fingerprint density at radius 3 is 2.14 bits per heavy atom. The number of carbonyl (C=O) groups is 4. The third kappa shape index (κ3) is 10.5. The van der Waals surface area contributed by atoms with Crippen molar-refractivity contribution in [3.8, 4) is 28.0 Å². The minimum absolute atomic E-state index is 0.0974. The number of piperidine rings is 4. The quantitative estimate of drug-likeness (QED) is 0.0737. The molecule has 4 amide bonds. The molecule has 3 N–H and O–H groups in total. The molecule has 1 spiro atoms. The number of fused-ring (bicyclic) bond motifs is 1. The number of hydrogen-bond donors (Lipinski definition) is 3. The number of carbonyl (C=O) groups excluding carboxylic acids is 4. The van der Waals surface area contributed by atoms with E-state index >= 15 is 0 Å². The molecule has 12 rings (SSSR count). The van der Waals surface area contributed by atoms with Crippen LogP contribution in [0.3, 0.4) is 0 Å². The van der Waals surface area contributed by atoms with E-state index in [9.17, 15) is 23.7 Å². The summed E-state index contributed by atoms with van der Waals surface area (Å²) in [5.41, 5.74) is 8.48. The van der Waals surface area contributed by atoms with Gasteiger partial charge in [0.15, 0.2) is 0 Å². The van der Waals surface area contributed by atoms with E-state index in [0.717, 1.165) is 122 Å². The van der Waals surface area contributed by atoms with Crippen LogP contribution in [0.2, 0.25) is 0 Å². The summed E-state index contributed by atoms with van der Waals surface area (Å²) in [4.78, 5) is 72.0. The molecule has 1 atom stereocenters. The zero-order chi connectivity index (χ0) is 54.7. The summed E-state index contributed by atoms with van der Waals surface area (Å²) < 4.78 is 22.3. The van der Waals surface area contributed by atoms with Crippen molar-refractivity contribution in [2.75, 3.05) is 93.2 Å². The van der Waals surface area contributed by atoms with Crippen LogP contribution in [0.15, 0.2) is 102 Å². The molecule has 2 aromatic heterocycles. The largest absolute Gasteiger partial charge is 0.494 e. The molecule has 0 bridgehead atoms. The van der Waals surface area contributed by atoms with Gasteiger partial charge >= 0.3 is 0 Å². The average molecular weight is 1150 g/mol. The second-order valence-corrected chi connectivity index (χ2v) is 26.7. The molecule has 0 aliphatic carbocycles. The summed E-state index contributed by atoms with van der Waals surface area (Å²) in [5.74, 6) is -0.362. The average Bonchev–Trinajstić information content (AvgIpc) is 4.21. The van der Waals surface area contributed by atoms with Crippen LogP contribution in [-0.2, 0) is 21.2 Å². The Hall–Kier alpha value is -6.92. The minimum Gasteiger partial charge on any atom is -0.494 e. The molecule has 6 aliphatic rings. The highest BCUT2D eigenvalue weighted by Gasteiger charge is 2.49. The minimum atomic E-state index is -2.71. The first-order valence-electron chi connectivity index (χ1n) is 27.5. The van der Waals surface area contributed by atoms with Crippen LogP contribution < -0.4 is 35.8 Å². The molecule has 18 nitrogen and oxygen atoms in total. The SMILES string of the molecule is COc1cc(N2CCC(N3CCC(N4CC5(CCN(c6ccc7c(c6)C(=O)N(C6CCC(=O)NC6=O)C7=O)CC5)C4)CC3)CC2)c(-c2cnn(C)c2)cc1Nc1ncc(Br)c(Nc2ccc(-c3ccccc3)cc2P(C)(C)=O)n1. The Morgan fingerprint density at radius 2 is 1.44 bits per heavy atom. The van der Waals surface area contributed by atoms with Gasteiger partial charge in [0.2, 0.25) is 17.8 Å². The summed E-state index contributed by atoms with van der Waals surface area (Å²) >= 11 is 3.65. The Kier molecular flexibility index (Phi) is 14.2. The van der Waals surface area contributed by atoms with Crippen molar-refractivity contribution in [1.29, 1.82) is 0 Å². The van der Waals surface area contributed by atoms with Crippen molar-refractivity contribution in [1.82, 2.24) is 39.8 Å². The Labute approximate surface area is 468 Å². The zero-order valence-corrected chi connectivity index (χ0v) is 47.6. The van der Waals surface area contributed by atoms with Crippen LogP contribution in [0.4, 0.5) is 34.5 Å². The Bertz CT molecular complexity index is 3410.